The number of H-pyrrole nitrogens is 1. The lowest BCUT2D eigenvalue weighted by Gasteiger charge is -2.05. The van der Waals surface area contributed by atoms with Crippen LogP contribution in [0.5, 0.6) is 0 Å². The zero-order valence-corrected chi connectivity index (χ0v) is 14.3. The van der Waals surface area contributed by atoms with Crippen LogP contribution in [0, 0.1) is 13.8 Å². The maximum atomic E-state index is 12.3. The largest absolute Gasteiger partial charge is 0.361 e. The van der Waals surface area contributed by atoms with Crippen molar-refractivity contribution in [3.8, 4) is 0 Å². The molecule has 0 amide bonds. The van der Waals surface area contributed by atoms with Gasteiger partial charge in [0, 0.05) is 28.7 Å². The van der Waals surface area contributed by atoms with Crippen molar-refractivity contribution in [3.05, 3.63) is 46.4 Å². The summed E-state index contributed by atoms with van der Waals surface area (Å²) in [7, 11) is -3.63. The van der Waals surface area contributed by atoms with Crippen LogP contribution in [-0.2, 0) is 16.4 Å². The van der Waals surface area contributed by atoms with Crippen LogP contribution in [0.1, 0.15) is 17.0 Å². The van der Waals surface area contributed by atoms with Gasteiger partial charge in [-0.15, -0.1) is 0 Å². The SMILES string of the molecule is Cc1noc(C)c1S(=O)(=O)NCCc1c[nH]c2cc(Cl)ccc12. The lowest BCUT2D eigenvalue weighted by atomic mass is 10.1. The number of aromatic amines is 1. The Morgan fingerprint density at radius 3 is 2.83 bits per heavy atom. The number of hydrogen-bond acceptors (Lipinski definition) is 4. The number of sulfonamides is 1. The maximum absolute atomic E-state index is 12.3. The first-order valence-electron chi connectivity index (χ1n) is 7.06. The minimum atomic E-state index is -3.63. The second-order valence-corrected chi connectivity index (χ2v) is 7.45. The van der Waals surface area contributed by atoms with Gasteiger partial charge in [-0.25, -0.2) is 13.1 Å². The molecule has 8 heteroatoms. The highest BCUT2D eigenvalue weighted by Crippen LogP contribution is 2.23. The third-order valence-corrected chi connectivity index (χ3v) is 5.59. The van der Waals surface area contributed by atoms with E-state index in [4.69, 9.17) is 16.1 Å². The number of hydrogen-bond donors (Lipinski definition) is 2. The number of rotatable bonds is 5. The van der Waals surface area contributed by atoms with Gasteiger partial charge in [-0.05, 0) is 38.0 Å². The Bertz CT molecular complexity index is 940. The fourth-order valence-corrected chi connectivity index (χ4v) is 4.14. The van der Waals surface area contributed by atoms with Gasteiger partial charge in [-0.3, -0.25) is 0 Å². The van der Waals surface area contributed by atoms with Crippen molar-refractivity contribution in [2.75, 3.05) is 6.54 Å². The summed E-state index contributed by atoms with van der Waals surface area (Å²) in [6.07, 6.45) is 2.43. The van der Waals surface area contributed by atoms with E-state index in [2.05, 4.69) is 14.9 Å². The molecule has 6 nitrogen and oxygen atoms in total. The summed E-state index contributed by atoms with van der Waals surface area (Å²) in [5.74, 6) is 0.289. The molecule has 3 rings (SSSR count). The quantitative estimate of drug-likeness (QED) is 0.738. The van der Waals surface area contributed by atoms with Crippen LogP contribution < -0.4 is 4.72 Å². The fourth-order valence-electron chi connectivity index (χ4n) is 2.62. The highest BCUT2D eigenvalue weighted by Gasteiger charge is 2.23. The molecule has 0 radical (unpaired) electrons. The molecular formula is C15H16ClN3O3S. The molecule has 0 saturated heterocycles. The Hall–Kier alpha value is -1.83. The van der Waals surface area contributed by atoms with Crippen LogP contribution in [0.2, 0.25) is 5.02 Å². The van der Waals surface area contributed by atoms with E-state index in [1.54, 1.807) is 13.8 Å². The monoisotopic (exact) mass is 353 g/mol. The Morgan fingerprint density at radius 1 is 1.35 bits per heavy atom. The van der Waals surface area contributed by atoms with E-state index in [9.17, 15) is 8.42 Å². The van der Waals surface area contributed by atoms with Gasteiger partial charge in [0.15, 0.2) is 5.76 Å². The standard InChI is InChI=1S/C15H16ClN3O3S/c1-9-15(10(2)22-19-9)23(20,21)18-6-5-11-8-17-14-7-12(16)3-4-13(11)14/h3-4,7-8,17-18H,5-6H2,1-2H3. The summed E-state index contributed by atoms with van der Waals surface area (Å²) >= 11 is 5.95. The summed E-state index contributed by atoms with van der Waals surface area (Å²) in [6.45, 7) is 3.47. The molecule has 122 valence electrons. The number of nitrogens with one attached hydrogen (secondary N) is 2. The summed E-state index contributed by atoms with van der Waals surface area (Å²) < 4.78 is 32.2. The molecule has 2 N–H and O–H groups in total. The van der Waals surface area contributed by atoms with Crippen molar-refractivity contribution in [2.45, 2.75) is 25.2 Å². The first-order valence-corrected chi connectivity index (χ1v) is 8.92. The first kappa shape index (κ1) is 16.0. The van der Waals surface area contributed by atoms with Crippen LogP contribution in [0.15, 0.2) is 33.8 Å². The van der Waals surface area contributed by atoms with Crippen molar-refractivity contribution < 1.29 is 12.9 Å². The van der Waals surface area contributed by atoms with Crippen molar-refractivity contribution in [1.82, 2.24) is 14.9 Å². The lowest BCUT2D eigenvalue weighted by molar-refractivity contribution is 0.390. The molecule has 0 aliphatic heterocycles. The average Bonchev–Trinajstić information content (AvgIpc) is 3.02. The number of aryl methyl sites for hydroxylation is 2. The molecule has 0 aliphatic rings. The van der Waals surface area contributed by atoms with E-state index in [0.29, 0.717) is 17.1 Å². The minimum absolute atomic E-state index is 0.114. The van der Waals surface area contributed by atoms with Gasteiger partial charge in [0.25, 0.3) is 0 Å². The van der Waals surface area contributed by atoms with Gasteiger partial charge in [-0.1, -0.05) is 22.8 Å². The molecule has 2 heterocycles. The van der Waals surface area contributed by atoms with Crippen LogP contribution in [-0.4, -0.2) is 25.1 Å². The second-order valence-electron chi connectivity index (χ2n) is 5.30. The molecule has 3 aromatic rings. The number of halogens is 1. The molecule has 0 bridgehead atoms. The summed E-state index contributed by atoms with van der Waals surface area (Å²) in [5, 5.41) is 5.37. The molecule has 0 saturated carbocycles. The zero-order valence-electron chi connectivity index (χ0n) is 12.7. The van der Waals surface area contributed by atoms with Gasteiger partial charge in [-0.2, -0.15) is 0 Å². The predicted molar refractivity (Wildman–Crippen MR) is 88.2 cm³/mol. The Kier molecular flexibility index (Phi) is 4.18. The molecule has 0 aliphatic carbocycles. The minimum Gasteiger partial charge on any atom is -0.361 e. The Morgan fingerprint density at radius 2 is 2.13 bits per heavy atom. The van der Waals surface area contributed by atoms with Gasteiger partial charge >= 0.3 is 0 Å². The average molecular weight is 354 g/mol. The molecule has 2 aromatic heterocycles. The Labute approximate surface area is 138 Å². The van der Waals surface area contributed by atoms with E-state index in [0.717, 1.165) is 16.5 Å². The van der Waals surface area contributed by atoms with E-state index in [-0.39, 0.29) is 17.2 Å². The molecule has 0 spiro atoms. The lowest BCUT2D eigenvalue weighted by Crippen LogP contribution is -2.26. The molecular weight excluding hydrogens is 338 g/mol. The number of nitrogens with zero attached hydrogens (tertiary/aromatic N) is 1. The highest BCUT2D eigenvalue weighted by molar-refractivity contribution is 7.89. The first-order chi connectivity index (χ1) is 10.9. The zero-order chi connectivity index (χ0) is 16.6. The van der Waals surface area contributed by atoms with E-state index in [1.165, 1.54) is 0 Å². The van der Waals surface area contributed by atoms with Crippen LogP contribution in [0.3, 0.4) is 0 Å². The van der Waals surface area contributed by atoms with Gasteiger partial charge in [0.05, 0.1) is 0 Å². The summed E-state index contributed by atoms with van der Waals surface area (Å²) in [4.78, 5) is 3.25. The number of aromatic nitrogens is 2. The van der Waals surface area contributed by atoms with Gasteiger partial charge in [0.1, 0.15) is 10.6 Å². The molecule has 0 fully saturated rings. The molecule has 1 aromatic carbocycles. The molecule has 0 atom stereocenters. The summed E-state index contributed by atoms with van der Waals surface area (Å²) in [6, 6.07) is 5.58. The number of benzene rings is 1. The van der Waals surface area contributed by atoms with Crippen molar-refractivity contribution >= 4 is 32.5 Å². The number of fused-ring (bicyclic) bond motifs is 1. The van der Waals surface area contributed by atoms with Crippen LogP contribution >= 0.6 is 11.6 Å². The van der Waals surface area contributed by atoms with Gasteiger partial charge in [0.2, 0.25) is 10.0 Å². The third-order valence-electron chi connectivity index (χ3n) is 3.65. The topological polar surface area (TPSA) is 88.0 Å². The van der Waals surface area contributed by atoms with E-state index >= 15 is 0 Å². The van der Waals surface area contributed by atoms with E-state index in [1.807, 2.05) is 24.4 Å². The van der Waals surface area contributed by atoms with Crippen molar-refractivity contribution in [1.29, 1.82) is 0 Å². The fraction of sp³-hybridized carbons (Fsp3) is 0.267. The third kappa shape index (κ3) is 3.12. The van der Waals surface area contributed by atoms with Crippen molar-refractivity contribution in [2.24, 2.45) is 0 Å². The summed E-state index contributed by atoms with van der Waals surface area (Å²) in [5.41, 5.74) is 2.32. The normalized spacial score (nSPS) is 12.1. The van der Waals surface area contributed by atoms with Crippen LogP contribution in [0.25, 0.3) is 10.9 Å². The van der Waals surface area contributed by atoms with Crippen LogP contribution in [0.4, 0.5) is 0 Å². The predicted octanol–water partition coefficient (Wildman–Crippen LogP) is 2.95. The molecule has 23 heavy (non-hydrogen) atoms. The Balaban J connectivity index is 1.74. The highest BCUT2D eigenvalue weighted by atomic mass is 35.5. The van der Waals surface area contributed by atoms with Gasteiger partial charge < -0.3 is 9.51 Å². The van der Waals surface area contributed by atoms with E-state index < -0.39 is 10.0 Å². The molecule has 0 unspecified atom stereocenters. The maximum Gasteiger partial charge on any atom is 0.245 e. The smallest absolute Gasteiger partial charge is 0.245 e. The second kappa shape index (κ2) is 5.99. The van der Waals surface area contributed by atoms with Crippen molar-refractivity contribution in [3.63, 3.8) is 0 Å².